The van der Waals surface area contributed by atoms with Gasteiger partial charge < -0.3 is 14.1 Å². The van der Waals surface area contributed by atoms with E-state index in [1.54, 1.807) is 0 Å². The maximum Gasteiger partial charge on any atom is 0.227 e. The van der Waals surface area contributed by atoms with Gasteiger partial charge in [-0.15, -0.1) is 0 Å². The Balaban J connectivity index is 1.24. The van der Waals surface area contributed by atoms with Gasteiger partial charge in [0.05, 0.1) is 5.69 Å². The Morgan fingerprint density at radius 3 is 2.45 bits per heavy atom. The molecule has 2 aliphatic rings. The van der Waals surface area contributed by atoms with Crippen molar-refractivity contribution in [3.8, 4) is 28.3 Å². The topological polar surface area (TPSA) is 38.5 Å². The minimum atomic E-state index is 0.468. The van der Waals surface area contributed by atoms with Gasteiger partial charge in [-0.3, -0.25) is 0 Å². The highest BCUT2D eigenvalue weighted by Gasteiger charge is 2.21. The van der Waals surface area contributed by atoms with Crippen molar-refractivity contribution in [1.29, 1.82) is 0 Å². The van der Waals surface area contributed by atoms with Crippen molar-refractivity contribution in [3.05, 3.63) is 169 Å². The standard InChI is InChI=1S/C43H34N2O2/c1-29-12-11-18-38-36(29)26-27-39-42(38)47-43(44-39)33-21-23-34(24-22-33)45(40-19-10-9-17-37(40)31-14-6-4-7-15-31)35-25-20-32-16-8-3-5-13-30(2)46-41(32)28-35/h3-11,13-15,17-29H,2,12,16H2,1H3/b8-3-,13-5-. The van der Waals surface area contributed by atoms with Crippen LogP contribution in [0.2, 0.25) is 0 Å². The minimum Gasteiger partial charge on any atom is -0.458 e. The monoisotopic (exact) mass is 610 g/mol. The van der Waals surface area contributed by atoms with E-state index in [9.17, 15) is 0 Å². The van der Waals surface area contributed by atoms with Crippen LogP contribution in [-0.2, 0) is 6.42 Å². The third kappa shape index (κ3) is 5.49. The van der Waals surface area contributed by atoms with Crippen molar-refractivity contribution in [3.63, 3.8) is 0 Å². The predicted molar refractivity (Wildman–Crippen MR) is 193 cm³/mol. The van der Waals surface area contributed by atoms with E-state index in [-0.39, 0.29) is 0 Å². The summed E-state index contributed by atoms with van der Waals surface area (Å²) < 4.78 is 12.7. The van der Waals surface area contributed by atoms with Gasteiger partial charge in [-0.25, -0.2) is 4.98 Å². The van der Waals surface area contributed by atoms with Crippen LogP contribution >= 0.6 is 0 Å². The van der Waals surface area contributed by atoms with Crippen LogP contribution in [0.1, 0.15) is 36.0 Å². The van der Waals surface area contributed by atoms with Crippen LogP contribution in [0.4, 0.5) is 17.1 Å². The highest BCUT2D eigenvalue weighted by Crippen LogP contribution is 2.43. The molecule has 4 nitrogen and oxygen atoms in total. The third-order valence-electron chi connectivity index (χ3n) is 8.95. The molecule has 2 heterocycles. The molecule has 1 unspecified atom stereocenters. The first kappa shape index (κ1) is 28.6. The second kappa shape index (κ2) is 12.1. The normalized spacial score (nSPS) is 16.7. The number of allylic oxidation sites excluding steroid dienone is 5. The van der Waals surface area contributed by atoms with Crippen molar-refractivity contribution < 1.29 is 9.15 Å². The summed E-state index contributed by atoms with van der Waals surface area (Å²) in [6, 6.07) is 38.2. The quantitative estimate of drug-likeness (QED) is 0.195. The molecule has 1 atom stereocenters. The average Bonchev–Trinajstić information content (AvgIpc) is 3.58. The number of benzene rings is 5. The molecular weight excluding hydrogens is 576 g/mol. The van der Waals surface area contributed by atoms with Crippen LogP contribution < -0.4 is 9.64 Å². The molecule has 1 aliphatic carbocycles. The molecule has 0 radical (unpaired) electrons. The molecule has 0 amide bonds. The smallest absolute Gasteiger partial charge is 0.227 e. The first-order valence-electron chi connectivity index (χ1n) is 16.1. The van der Waals surface area contributed by atoms with Gasteiger partial charge in [-0.1, -0.05) is 105 Å². The Morgan fingerprint density at radius 2 is 1.57 bits per heavy atom. The van der Waals surface area contributed by atoms with E-state index < -0.39 is 0 Å². The molecule has 0 saturated heterocycles. The van der Waals surface area contributed by atoms with Crippen LogP contribution in [0.15, 0.2) is 156 Å². The lowest BCUT2D eigenvalue weighted by Crippen LogP contribution is -2.12. The number of rotatable bonds is 5. The van der Waals surface area contributed by atoms with E-state index in [0.29, 0.717) is 17.6 Å². The summed E-state index contributed by atoms with van der Waals surface area (Å²) in [4.78, 5) is 7.17. The number of hydrogen-bond donors (Lipinski definition) is 0. The zero-order valence-corrected chi connectivity index (χ0v) is 26.3. The van der Waals surface area contributed by atoms with Crippen molar-refractivity contribution in [1.82, 2.24) is 4.98 Å². The lowest BCUT2D eigenvalue weighted by Gasteiger charge is -2.28. The van der Waals surface area contributed by atoms with E-state index in [4.69, 9.17) is 14.1 Å². The Bertz CT molecular complexity index is 2200. The molecule has 5 aromatic carbocycles. The zero-order chi connectivity index (χ0) is 31.7. The summed E-state index contributed by atoms with van der Waals surface area (Å²) in [6.45, 7) is 6.37. The van der Waals surface area contributed by atoms with Crippen molar-refractivity contribution in [2.24, 2.45) is 0 Å². The Kier molecular flexibility index (Phi) is 7.39. The molecule has 0 fully saturated rings. The molecule has 1 aliphatic heterocycles. The van der Waals surface area contributed by atoms with Crippen LogP contribution in [0, 0.1) is 0 Å². The largest absolute Gasteiger partial charge is 0.458 e. The fraction of sp³-hybridized carbons (Fsp3) is 0.0930. The SMILES string of the molecule is C=C1/C=C\C=C/Cc2ccc(N(c3ccc(-c4nc5ccc6c(c5o4)C=CCC6C)cc3)c3ccccc3-c3ccccc3)cc2O1. The molecule has 47 heavy (non-hydrogen) atoms. The predicted octanol–water partition coefficient (Wildman–Crippen LogP) is 11.7. The number of fused-ring (bicyclic) bond motifs is 4. The van der Waals surface area contributed by atoms with Gasteiger partial charge in [-0.05, 0) is 84.0 Å². The summed E-state index contributed by atoms with van der Waals surface area (Å²) >= 11 is 0. The number of ether oxygens (including phenoxy) is 1. The fourth-order valence-corrected chi connectivity index (χ4v) is 6.54. The first-order chi connectivity index (χ1) is 23.1. The third-order valence-corrected chi connectivity index (χ3v) is 8.95. The van der Waals surface area contributed by atoms with Crippen molar-refractivity contribution in [2.75, 3.05) is 4.90 Å². The fourth-order valence-electron chi connectivity index (χ4n) is 6.54. The molecule has 0 saturated carbocycles. The van der Waals surface area contributed by atoms with Crippen molar-refractivity contribution in [2.45, 2.75) is 25.7 Å². The van der Waals surface area contributed by atoms with Gasteiger partial charge in [0, 0.05) is 34.1 Å². The highest BCUT2D eigenvalue weighted by atomic mass is 16.5. The summed E-state index contributed by atoms with van der Waals surface area (Å²) in [6.07, 6.45) is 14.2. The molecule has 228 valence electrons. The Labute approximate surface area is 275 Å². The lowest BCUT2D eigenvalue weighted by molar-refractivity contribution is 0.443. The number of hydrogen-bond acceptors (Lipinski definition) is 4. The van der Waals surface area contributed by atoms with Crippen LogP contribution in [-0.4, -0.2) is 4.98 Å². The van der Waals surface area contributed by atoms with E-state index in [1.165, 1.54) is 5.56 Å². The van der Waals surface area contributed by atoms with Gasteiger partial charge in [0.15, 0.2) is 5.58 Å². The summed E-state index contributed by atoms with van der Waals surface area (Å²) in [7, 11) is 0. The van der Waals surface area contributed by atoms with E-state index in [1.807, 2.05) is 24.3 Å². The molecule has 0 spiro atoms. The molecule has 1 aromatic heterocycles. The Hall–Kier alpha value is -5.87. The summed E-state index contributed by atoms with van der Waals surface area (Å²) in [5.41, 5.74) is 11.5. The molecule has 0 N–H and O–H groups in total. The van der Waals surface area contributed by atoms with Gasteiger partial charge in [0.2, 0.25) is 5.89 Å². The van der Waals surface area contributed by atoms with Crippen LogP contribution in [0.3, 0.4) is 0 Å². The maximum absolute atomic E-state index is 6.44. The first-order valence-corrected chi connectivity index (χ1v) is 16.1. The molecule has 8 rings (SSSR count). The second-order valence-corrected chi connectivity index (χ2v) is 12.1. The number of anilines is 3. The number of oxazole rings is 1. The van der Waals surface area contributed by atoms with Gasteiger partial charge in [0.25, 0.3) is 0 Å². The summed E-state index contributed by atoms with van der Waals surface area (Å²) in [5.74, 6) is 2.48. The van der Waals surface area contributed by atoms with E-state index >= 15 is 0 Å². The number of nitrogens with zero attached hydrogens (tertiary/aromatic N) is 2. The minimum absolute atomic E-state index is 0.468. The Morgan fingerprint density at radius 1 is 0.766 bits per heavy atom. The second-order valence-electron chi connectivity index (χ2n) is 12.1. The van der Waals surface area contributed by atoms with Crippen molar-refractivity contribution >= 4 is 34.2 Å². The lowest BCUT2D eigenvalue weighted by atomic mass is 9.88. The van der Waals surface area contributed by atoms with E-state index in [0.717, 1.165) is 74.6 Å². The summed E-state index contributed by atoms with van der Waals surface area (Å²) in [5, 5.41) is 0. The molecular formula is C43H34N2O2. The van der Waals surface area contributed by atoms with Gasteiger partial charge in [0.1, 0.15) is 17.0 Å². The molecule has 4 heteroatoms. The molecule has 6 aromatic rings. The van der Waals surface area contributed by atoms with Gasteiger partial charge >= 0.3 is 0 Å². The zero-order valence-electron chi connectivity index (χ0n) is 26.3. The average molecular weight is 611 g/mol. The van der Waals surface area contributed by atoms with E-state index in [2.05, 4.69) is 140 Å². The van der Waals surface area contributed by atoms with Gasteiger partial charge in [-0.2, -0.15) is 0 Å². The highest BCUT2D eigenvalue weighted by molar-refractivity contribution is 5.90. The maximum atomic E-state index is 6.44. The number of aromatic nitrogens is 1. The van der Waals surface area contributed by atoms with Crippen LogP contribution in [0.5, 0.6) is 5.75 Å². The number of para-hydroxylation sites is 1. The molecule has 0 bridgehead atoms. The van der Waals surface area contributed by atoms with Crippen LogP contribution in [0.25, 0.3) is 39.8 Å².